The van der Waals surface area contributed by atoms with E-state index in [1.807, 2.05) is 12.1 Å². The Bertz CT molecular complexity index is 335. The Labute approximate surface area is 89.3 Å². The average Bonchev–Trinajstić information content (AvgIpc) is 3.03. The number of nitrogens with zero attached hydrogens (tertiary/aromatic N) is 2. The summed E-state index contributed by atoms with van der Waals surface area (Å²) in [6.07, 6.45) is 5.74. The molecule has 1 aliphatic rings. The smallest absolute Gasteiger partial charge is 0.317 e. The van der Waals surface area contributed by atoms with Crippen molar-refractivity contribution < 1.29 is 4.79 Å². The van der Waals surface area contributed by atoms with E-state index in [9.17, 15) is 4.79 Å². The molecule has 4 heteroatoms. The Balaban J connectivity index is 1.85. The maximum Gasteiger partial charge on any atom is 0.317 e. The molecule has 0 saturated heterocycles. The SMILES string of the molecule is CN(Cc1cccnc1)C(=O)NC1CC1. The quantitative estimate of drug-likeness (QED) is 0.810. The third-order valence-corrected chi connectivity index (χ3v) is 2.39. The minimum Gasteiger partial charge on any atom is -0.335 e. The van der Waals surface area contributed by atoms with Gasteiger partial charge in [-0.15, -0.1) is 0 Å². The fraction of sp³-hybridized carbons (Fsp3) is 0.455. The summed E-state index contributed by atoms with van der Waals surface area (Å²) >= 11 is 0. The molecule has 1 aliphatic carbocycles. The molecule has 2 amide bonds. The van der Waals surface area contributed by atoms with Crippen LogP contribution in [0.1, 0.15) is 18.4 Å². The van der Waals surface area contributed by atoms with Crippen molar-refractivity contribution in [3.8, 4) is 0 Å². The Morgan fingerprint density at radius 2 is 2.47 bits per heavy atom. The molecule has 15 heavy (non-hydrogen) atoms. The van der Waals surface area contributed by atoms with Gasteiger partial charge in [-0.25, -0.2) is 4.79 Å². The zero-order valence-electron chi connectivity index (χ0n) is 8.81. The summed E-state index contributed by atoms with van der Waals surface area (Å²) in [6, 6.07) is 4.26. The van der Waals surface area contributed by atoms with Gasteiger partial charge < -0.3 is 10.2 Å². The molecule has 1 N–H and O–H groups in total. The van der Waals surface area contributed by atoms with Crippen LogP contribution < -0.4 is 5.32 Å². The van der Waals surface area contributed by atoms with Crippen LogP contribution in [-0.2, 0) is 6.54 Å². The topological polar surface area (TPSA) is 45.2 Å². The number of nitrogens with one attached hydrogen (secondary N) is 1. The first-order chi connectivity index (χ1) is 7.25. The maximum absolute atomic E-state index is 11.6. The Kier molecular flexibility index (Phi) is 2.85. The van der Waals surface area contributed by atoms with Crippen LogP contribution in [-0.4, -0.2) is 29.0 Å². The molecule has 1 heterocycles. The summed E-state index contributed by atoms with van der Waals surface area (Å²) < 4.78 is 0. The summed E-state index contributed by atoms with van der Waals surface area (Å²) in [5.41, 5.74) is 1.05. The number of hydrogen-bond acceptors (Lipinski definition) is 2. The van der Waals surface area contributed by atoms with E-state index in [0.717, 1.165) is 18.4 Å². The molecule has 0 spiro atoms. The molecule has 1 fully saturated rings. The molecule has 1 aromatic heterocycles. The molecule has 2 rings (SSSR count). The molecule has 0 radical (unpaired) electrons. The molecule has 0 bridgehead atoms. The molecule has 1 saturated carbocycles. The van der Waals surface area contributed by atoms with Crippen LogP contribution >= 0.6 is 0 Å². The highest BCUT2D eigenvalue weighted by molar-refractivity contribution is 5.74. The number of aromatic nitrogens is 1. The van der Waals surface area contributed by atoms with Gasteiger partial charge in [0.1, 0.15) is 0 Å². The Morgan fingerprint density at radius 3 is 3.07 bits per heavy atom. The lowest BCUT2D eigenvalue weighted by atomic mass is 10.3. The second-order valence-corrected chi connectivity index (χ2v) is 3.94. The molecule has 0 aliphatic heterocycles. The first-order valence-electron chi connectivity index (χ1n) is 5.16. The highest BCUT2D eigenvalue weighted by Gasteiger charge is 2.24. The van der Waals surface area contributed by atoms with Crippen molar-refractivity contribution in [3.63, 3.8) is 0 Å². The van der Waals surface area contributed by atoms with Gasteiger partial charge in [0.2, 0.25) is 0 Å². The van der Waals surface area contributed by atoms with E-state index in [1.165, 1.54) is 0 Å². The van der Waals surface area contributed by atoms with Gasteiger partial charge in [-0.05, 0) is 24.5 Å². The second-order valence-electron chi connectivity index (χ2n) is 3.94. The second kappa shape index (κ2) is 4.29. The van der Waals surface area contributed by atoms with Crippen molar-refractivity contribution in [2.24, 2.45) is 0 Å². The molecule has 4 nitrogen and oxygen atoms in total. The summed E-state index contributed by atoms with van der Waals surface area (Å²) in [4.78, 5) is 17.3. The van der Waals surface area contributed by atoms with Gasteiger partial charge >= 0.3 is 6.03 Å². The van der Waals surface area contributed by atoms with Gasteiger partial charge in [0.15, 0.2) is 0 Å². The highest BCUT2D eigenvalue weighted by Crippen LogP contribution is 2.18. The minimum absolute atomic E-state index is 0.00125. The maximum atomic E-state index is 11.6. The number of pyridine rings is 1. The summed E-state index contributed by atoms with van der Waals surface area (Å²) in [6.45, 7) is 0.604. The standard InChI is InChI=1S/C11H15N3O/c1-14(11(15)13-10-4-5-10)8-9-3-2-6-12-7-9/h2-3,6-7,10H,4-5,8H2,1H3,(H,13,15). The van der Waals surface area contributed by atoms with Crippen LogP contribution in [0.2, 0.25) is 0 Å². The number of carbonyl (C=O) groups excluding carboxylic acids is 1. The van der Waals surface area contributed by atoms with Gasteiger partial charge in [0, 0.05) is 32.0 Å². The number of rotatable bonds is 3. The Morgan fingerprint density at radius 1 is 1.67 bits per heavy atom. The third-order valence-electron chi connectivity index (χ3n) is 2.39. The lowest BCUT2D eigenvalue weighted by molar-refractivity contribution is 0.206. The number of amides is 2. The molecular formula is C11H15N3O. The fourth-order valence-electron chi connectivity index (χ4n) is 1.35. The van der Waals surface area contributed by atoms with Crippen molar-refractivity contribution in [3.05, 3.63) is 30.1 Å². The van der Waals surface area contributed by atoms with Crippen LogP contribution in [0.3, 0.4) is 0 Å². The lowest BCUT2D eigenvalue weighted by Gasteiger charge is -2.17. The predicted molar refractivity (Wildman–Crippen MR) is 57.3 cm³/mol. The highest BCUT2D eigenvalue weighted by atomic mass is 16.2. The monoisotopic (exact) mass is 205 g/mol. The molecule has 80 valence electrons. The van der Waals surface area contributed by atoms with Crippen molar-refractivity contribution in [2.45, 2.75) is 25.4 Å². The van der Waals surface area contributed by atoms with Crippen LogP contribution in [0.4, 0.5) is 4.79 Å². The minimum atomic E-state index is 0.00125. The van der Waals surface area contributed by atoms with Gasteiger partial charge in [0.25, 0.3) is 0 Å². The lowest BCUT2D eigenvalue weighted by Crippen LogP contribution is -2.37. The normalized spacial score (nSPS) is 14.7. The average molecular weight is 205 g/mol. The third kappa shape index (κ3) is 2.94. The summed E-state index contributed by atoms with van der Waals surface area (Å²) in [7, 11) is 1.80. The van der Waals surface area contributed by atoms with Gasteiger partial charge in [-0.1, -0.05) is 6.07 Å². The Hall–Kier alpha value is -1.58. The molecule has 0 unspecified atom stereocenters. The first-order valence-corrected chi connectivity index (χ1v) is 5.16. The van der Waals surface area contributed by atoms with Crippen LogP contribution in [0, 0.1) is 0 Å². The first kappa shape index (κ1) is 9.96. The van der Waals surface area contributed by atoms with Crippen LogP contribution in [0.15, 0.2) is 24.5 Å². The zero-order valence-corrected chi connectivity index (χ0v) is 8.81. The van der Waals surface area contributed by atoms with E-state index in [4.69, 9.17) is 0 Å². The van der Waals surface area contributed by atoms with E-state index >= 15 is 0 Å². The van der Waals surface area contributed by atoms with Crippen molar-refractivity contribution in [2.75, 3.05) is 7.05 Å². The van der Waals surface area contributed by atoms with E-state index in [-0.39, 0.29) is 6.03 Å². The predicted octanol–water partition coefficient (Wildman–Crippen LogP) is 1.39. The fourth-order valence-corrected chi connectivity index (χ4v) is 1.35. The molecular weight excluding hydrogens is 190 g/mol. The number of urea groups is 1. The number of carbonyl (C=O) groups is 1. The van der Waals surface area contributed by atoms with E-state index in [0.29, 0.717) is 12.6 Å². The number of hydrogen-bond donors (Lipinski definition) is 1. The molecule has 0 aromatic carbocycles. The molecule has 0 atom stereocenters. The summed E-state index contributed by atoms with van der Waals surface area (Å²) in [5.74, 6) is 0. The van der Waals surface area contributed by atoms with Crippen LogP contribution in [0.25, 0.3) is 0 Å². The van der Waals surface area contributed by atoms with Crippen molar-refractivity contribution in [1.29, 1.82) is 0 Å². The largest absolute Gasteiger partial charge is 0.335 e. The molecule has 1 aromatic rings. The van der Waals surface area contributed by atoms with Gasteiger partial charge in [-0.3, -0.25) is 4.98 Å². The zero-order chi connectivity index (χ0) is 10.7. The van der Waals surface area contributed by atoms with E-state index in [2.05, 4.69) is 10.3 Å². The van der Waals surface area contributed by atoms with E-state index in [1.54, 1.807) is 24.3 Å². The van der Waals surface area contributed by atoms with Crippen LogP contribution in [0.5, 0.6) is 0 Å². The van der Waals surface area contributed by atoms with Crippen molar-refractivity contribution in [1.82, 2.24) is 15.2 Å². The van der Waals surface area contributed by atoms with E-state index < -0.39 is 0 Å². The summed E-state index contributed by atoms with van der Waals surface area (Å²) in [5, 5.41) is 2.94. The van der Waals surface area contributed by atoms with Gasteiger partial charge in [-0.2, -0.15) is 0 Å². The van der Waals surface area contributed by atoms with Crippen molar-refractivity contribution >= 4 is 6.03 Å². The van der Waals surface area contributed by atoms with Gasteiger partial charge in [0.05, 0.1) is 0 Å².